The first-order valence-electron chi connectivity index (χ1n) is 8.60. The number of benzene rings is 1. The molecule has 0 radical (unpaired) electrons. The summed E-state index contributed by atoms with van der Waals surface area (Å²) in [7, 11) is 0. The van der Waals surface area contributed by atoms with E-state index in [4.69, 9.17) is 10.5 Å². The smallest absolute Gasteiger partial charge is 0.272 e. The van der Waals surface area contributed by atoms with Crippen LogP contribution in [0, 0.1) is 17.8 Å². The Morgan fingerprint density at radius 3 is 2.42 bits per heavy atom. The molecule has 0 heterocycles. The number of rotatable bonds is 5. The number of carbonyl (C=O) groups is 1. The number of hydrogen-bond acceptors (Lipinski definition) is 3. The third-order valence-electron chi connectivity index (χ3n) is 5.28. The molecule has 0 aliphatic heterocycles. The number of amides is 1. The van der Waals surface area contributed by atoms with E-state index in [0.717, 1.165) is 25.7 Å². The quantitative estimate of drug-likeness (QED) is 0.864. The third-order valence-corrected chi connectivity index (χ3v) is 5.28. The van der Waals surface area contributed by atoms with Crippen molar-refractivity contribution in [2.45, 2.75) is 44.6 Å². The van der Waals surface area contributed by atoms with E-state index in [1.54, 1.807) is 24.3 Å². The van der Waals surface area contributed by atoms with Crippen molar-refractivity contribution in [3.05, 3.63) is 24.3 Å². The molecule has 1 amide bonds. The van der Waals surface area contributed by atoms with Crippen LogP contribution in [-0.2, 0) is 4.79 Å². The van der Waals surface area contributed by atoms with Crippen molar-refractivity contribution in [1.82, 2.24) is 0 Å². The van der Waals surface area contributed by atoms with E-state index in [2.05, 4.69) is 5.32 Å². The first-order chi connectivity index (χ1) is 11.5. The highest BCUT2D eigenvalue weighted by molar-refractivity contribution is 5.92. The summed E-state index contributed by atoms with van der Waals surface area (Å²) in [4.78, 5) is 12.5. The maximum Gasteiger partial charge on any atom is 0.272 e. The second-order valence-electron chi connectivity index (χ2n) is 6.91. The summed E-state index contributed by atoms with van der Waals surface area (Å²) in [6.45, 7) is -0.628. The molecule has 2 bridgehead atoms. The molecule has 2 aliphatic rings. The molecule has 2 atom stereocenters. The standard InChI is InChI=1S/C18H24F2N2O2/c19-16(20)10-24-15-6-4-14(5-7-15)22-18(23)13-8-11-2-1-3-12(9-13)17(11)21/h4-7,11-13,16-17H,1-3,8-10,21H2,(H,22,23). The van der Waals surface area contributed by atoms with E-state index in [-0.39, 0.29) is 17.9 Å². The third kappa shape index (κ3) is 4.04. The maximum absolute atomic E-state index is 12.5. The van der Waals surface area contributed by atoms with E-state index in [9.17, 15) is 13.6 Å². The van der Waals surface area contributed by atoms with Gasteiger partial charge in [-0.3, -0.25) is 4.79 Å². The molecule has 1 aromatic rings. The van der Waals surface area contributed by atoms with Crippen molar-refractivity contribution in [3.63, 3.8) is 0 Å². The second kappa shape index (κ2) is 7.47. The van der Waals surface area contributed by atoms with Crippen LogP contribution >= 0.6 is 0 Å². The summed E-state index contributed by atoms with van der Waals surface area (Å²) in [5, 5.41) is 2.92. The predicted molar refractivity (Wildman–Crippen MR) is 88.1 cm³/mol. The summed E-state index contributed by atoms with van der Waals surface area (Å²) in [5.74, 6) is 1.32. The van der Waals surface area contributed by atoms with Crippen LogP contribution in [0.5, 0.6) is 5.75 Å². The fourth-order valence-corrected chi connectivity index (χ4v) is 4.04. The molecule has 2 fully saturated rings. The molecular formula is C18H24F2N2O2. The van der Waals surface area contributed by atoms with Crippen LogP contribution in [0.15, 0.2) is 24.3 Å². The van der Waals surface area contributed by atoms with Crippen molar-refractivity contribution in [2.24, 2.45) is 23.5 Å². The largest absolute Gasteiger partial charge is 0.488 e. The Hall–Kier alpha value is -1.69. The zero-order valence-electron chi connectivity index (χ0n) is 13.6. The Balaban J connectivity index is 1.55. The number of fused-ring (bicyclic) bond motifs is 2. The van der Waals surface area contributed by atoms with Gasteiger partial charge in [-0.2, -0.15) is 0 Å². The summed E-state index contributed by atoms with van der Waals surface area (Å²) in [6.07, 6.45) is 2.69. The van der Waals surface area contributed by atoms with Crippen LogP contribution < -0.4 is 15.8 Å². The zero-order chi connectivity index (χ0) is 17.1. The number of hydrogen-bond donors (Lipinski definition) is 2. The van der Waals surface area contributed by atoms with Crippen LogP contribution in [0.4, 0.5) is 14.5 Å². The van der Waals surface area contributed by atoms with Crippen molar-refractivity contribution in [2.75, 3.05) is 11.9 Å². The lowest BCUT2D eigenvalue weighted by molar-refractivity contribution is -0.122. The monoisotopic (exact) mass is 338 g/mol. The highest BCUT2D eigenvalue weighted by Crippen LogP contribution is 2.42. The van der Waals surface area contributed by atoms with Gasteiger partial charge in [0.25, 0.3) is 6.43 Å². The average Bonchev–Trinajstić information content (AvgIpc) is 2.53. The normalized spacial score (nSPS) is 29.3. The molecular weight excluding hydrogens is 314 g/mol. The summed E-state index contributed by atoms with van der Waals surface area (Å²) < 4.78 is 29.2. The molecule has 3 N–H and O–H groups in total. The molecule has 2 saturated carbocycles. The van der Waals surface area contributed by atoms with Gasteiger partial charge < -0.3 is 15.8 Å². The van der Waals surface area contributed by atoms with Gasteiger partial charge in [0.05, 0.1) is 0 Å². The molecule has 4 nitrogen and oxygen atoms in total. The number of alkyl halides is 2. The average molecular weight is 338 g/mol. The van der Waals surface area contributed by atoms with Crippen molar-refractivity contribution in [1.29, 1.82) is 0 Å². The first kappa shape index (κ1) is 17.1. The highest BCUT2D eigenvalue weighted by Gasteiger charge is 2.40. The lowest BCUT2D eigenvalue weighted by Crippen LogP contribution is -2.48. The SMILES string of the molecule is NC1C2CCCC1CC(C(=O)Nc1ccc(OCC(F)F)cc1)C2. The topological polar surface area (TPSA) is 64.4 Å². The minimum absolute atomic E-state index is 0.00913. The van der Waals surface area contributed by atoms with Gasteiger partial charge in [-0.15, -0.1) is 0 Å². The van der Waals surface area contributed by atoms with Crippen molar-refractivity contribution in [3.8, 4) is 5.75 Å². The lowest BCUT2D eigenvalue weighted by atomic mass is 9.65. The number of nitrogens with one attached hydrogen (secondary N) is 1. The molecule has 24 heavy (non-hydrogen) atoms. The second-order valence-corrected chi connectivity index (χ2v) is 6.91. The minimum atomic E-state index is -2.50. The predicted octanol–water partition coefficient (Wildman–Crippen LogP) is 3.42. The van der Waals surface area contributed by atoms with Gasteiger partial charge in [0.2, 0.25) is 5.91 Å². The van der Waals surface area contributed by atoms with E-state index < -0.39 is 13.0 Å². The first-order valence-corrected chi connectivity index (χ1v) is 8.60. The van der Waals surface area contributed by atoms with Crippen LogP contribution in [0.3, 0.4) is 0 Å². The van der Waals surface area contributed by atoms with Crippen LogP contribution in [0.1, 0.15) is 32.1 Å². The Bertz CT molecular complexity index is 551. The van der Waals surface area contributed by atoms with Gasteiger partial charge in [-0.1, -0.05) is 6.42 Å². The van der Waals surface area contributed by atoms with E-state index >= 15 is 0 Å². The van der Waals surface area contributed by atoms with Gasteiger partial charge >= 0.3 is 0 Å². The van der Waals surface area contributed by atoms with Crippen molar-refractivity contribution < 1.29 is 18.3 Å². The van der Waals surface area contributed by atoms with Gasteiger partial charge in [-0.05, 0) is 61.8 Å². The molecule has 0 spiro atoms. The van der Waals surface area contributed by atoms with E-state index in [0.29, 0.717) is 23.3 Å². The number of anilines is 1. The molecule has 1 aromatic carbocycles. The summed E-state index contributed by atoms with van der Waals surface area (Å²) >= 11 is 0. The Kier molecular flexibility index (Phi) is 5.33. The maximum atomic E-state index is 12.5. The number of ether oxygens (including phenoxy) is 1. The molecule has 2 unspecified atom stereocenters. The van der Waals surface area contributed by atoms with Crippen LogP contribution in [-0.4, -0.2) is 25.0 Å². The van der Waals surface area contributed by atoms with Gasteiger partial charge in [0, 0.05) is 17.6 Å². The fraction of sp³-hybridized carbons (Fsp3) is 0.611. The summed E-state index contributed by atoms with van der Waals surface area (Å²) in [6, 6.07) is 6.77. The zero-order valence-corrected chi connectivity index (χ0v) is 13.6. The van der Waals surface area contributed by atoms with Gasteiger partial charge in [0.15, 0.2) is 0 Å². The van der Waals surface area contributed by atoms with Gasteiger partial charge in [-0.25, -0.2) is 8.78 Å². The molecule has 0 aromatic heterocycles. The molecule has 3 rings (SSSR count). The molecule has 6 heteroatoms. The summed E-state index contributed by atoms with van der Waals surface area (Å²) in [5.41, 5.74) is 6.92. The number of halogens is 2. The Morgan fingerprint density at radius 2 is 1.83 bits per heavy atom. The Morgan fingerprint density at radius 1 is 1.21 bits per heavy atom. The van der Waals surface area contributed by atoms with Crippen LogP contribution in [0.2, 0.25) is 0 Å². The highest BCUT2D eigenvalue weighted by atomic mass is 19.3. The minimum Gasteiger partial charge on any atom is -0.488 e. The van der Waals surface area contributed by atoms with Crippen molar-refractivity contribution >= 4 is 11.6 Å². The van der Waals surface area contributed by atoms with Crippen LogP contribution in [0.25, 0.3) is 0 Å². The van der Waals surface area contributed by atoms with E-state index in [1.165, 1.54) is 6.42 Å². The fourth-order valence-electron chi connectivity index (χ4n) is 4.04. The van der Waals surface area contributed by atoms with Gasteiger partial charge in [0.1, 0.15) is 12.4 Å². The van der Waals surface area contributed by atoms with E-state index in [1.807, 2.05) is 0 Å². The number of nitrogens with two attached hydrogens (primary N) is 1. The number of carbonyl (C=O) groups excluding carboxylic acids is 1. The molecule has 0 saturated heterocycles. The molecule has 132 valence electrons. The lowest BCUT2D eigenvalue weighted by Gasteiger charge is -2.43. The molecule has 2 aliphatic carbocycles. The Labute approximate surface area is 140 Å².